The van der Waals surface area contributed by atoms with Crippen molar-refractivity contribution in [1.82, 2.24) is 4.90 Å². The summed E-state index contributed by atoms with van der Waals surface area (Å²) in [7, 11) is 1.82. The van der Waals surface area contributed by atoms with E-state index >= 15 is 0 Å². The van der Waals surface area contributed by atoms with Crippen molar-refractivity contribution in [3.8, 4) is 0 Å². The number of likely N-dealkylation sites (N-methyl/N-ethyl adjacent to an activating group) is 1. The summed E-state index contributed by atoms with van der Waals surface area (Å²) in [6.45, 7) is 0.469. The standard InChI is InChI=1S/C16H23NO2S/c1-17(11-16(19)8-4-5-9-16)15(18)13-10-20-14-7-3-2-6-12(13)14/h10,19H,2-9,11H2,1H3. The molecule has 0 atom stereocenters. The number of rotatable bonds is 3. The van der Waals surface area contributed by atoms with Gasteiger partial charge in [0.1, 0.15) is 0 Å². The fourth-order valence-electron chi connectivity index (χ4n) is 3.58. The highest BCUT2D eigenvalue weighted by Gasteiger charge is 2.34. The molecule has 1 saturated carbocycles. The summed E-state index contributed by atoms with van der Waals surface area (Å²) in [5.41, 5.74) is 1.51. The minimum Gasteiger partial charge on any atom is -0.388 e. The molecule has 1 heterocycles. The van der Waals surface area contributed by atoms with Crippen molar-refractivity contribution in [1.29, 1.82) is 0 Å². The highest BCUT2D eigenvalue weighted by molar-refractivity contribution is 7.10. The lowest BCUT2D eigenvalue weighted by Crippen LogP contribution is -2.42. The second kappa shape index (κ2) is 5.49. The molecular formula is C16H23NO2S. The fourth-order valence-corrected chi connectivity index (χ4v) is 4.70. The minimum atomic E-state index is -0.652. The van der Waals surface area contributed by atoms with E-state index in [0.717, 1.165) is 44.1 Å². The number of amides is 1. The average Bonchev–Trinajstić information content (AvgIpc) is 3.04. The van der Waals surface area contributed by atoms with E-state index in [4.69, 9.17) is 0 Å². The summed E-state index contributed by atoms with van der Waals surface area (Å²) in [5, 5.41) is 12.5. The third kappa shape index (κ3) is 2.63. The Labute approximate surface area is 124 Å². The predicted octanol–water partition coefficient (Wildman–Crippen LogP) is 3.00. The highest BCUT2D eigenvalue weighted by atomic mass is 32.1. The molecule has 0 unspecified atom stereocenters. The van der Waals surface area contributed by atoms with Gasteiger partial charge in [-0.15, -0.1) is 11.3 Å². The molecule has 2 aliphatic rings. The maximum atomic E-state index is 12.6. The van der Waals surface area contributed by atoms with Gasteiger partial charge in [0.15, 0.2) is 0 Å². The largest absolute Gasteiger partial charge is 0.388 e. The van der Waals surface area contributed by atoms with Crippen LogP contribution in [0.1, 0.15) is 59.3 Å². The third-order valence-electron chi connectivity index (χ3n) is 4.70. The van der Waals surface area contributed by atoms with Crippen molar-refractivity contribution < 1.29 is 9.90 Å². The molecule has 2 aliphatic carbocycles. The zero-order chi connectivity index (χ0) is 14.2. The molecule has 0 saturated heterocycles. The van der Waals surface area contributed by atoms with E-state index in [1.165, 1.54) is 23.3 Å². The van der Waals surface area contributed by atoms with Crippen molar-refractivity contribution >= 4 is 17.2 Å². The fraction of sp³-hybridized carbons (Fsp3) is 0.688. The smallest absolute Gasteiger partial charge is 0.254 e. The topological polar surface area (TPSA) is 40.5 Å². The van der Waals surface area contributed by atoms with Gasteiger partial charge in [0.2, 0.25) is 0 Å². The Bertz CT molecular complexity index is 503. The number of thiophene rings is 1. The van der Waals surface area contributed by atoms with Gasteiger partial charge in [0, 0.05) is 23.8 Å². The normalized spacial score (nSPS) is 20.7. The summed E-state index contributed by atoms with van der Waals surface area (Å²) < 4.78 is 0. The Morgan fingerprint density at radius 2 is 2.00 bits per heavy atom. The molecule has 0 bridgehead atoms. The third-order valence-corrected chi connectivity index (χ3v) is 5.79. The molecule has 110 valence electrons. The van der Waals surface area contributed by atoms with E-state index in [2.05, 4.69) is 0 Å². The number of aryl methyl sites for hydroxylation is 1. The van der Waals surface area contributed by atoms with E-state index in [1.807, 2.05) is 12.4 Å². The average molecular weight is 293 g/mol. The van der Waals surface area contributed by atoms with E-state index in [9.17, 15) is 9.90 Å². The van der Waals surface area contributed by atoms with E-state index in [1.54, 1.807) is 16.2 Å². The highest BCUT2D eigenvalue weighted by Crippen LogP contribution is 2.33. The Hall–Kier alpha value is -0.870. The van der Waals surface area contributed by atoms with Gasteiger partial charge in [-0.25, -0.2) is 0 Å². The Morgan fingerprint density at radius 3 is 2.75 bits per heavy atom. The van der Waals surface area contributed by atoms with Gasteiger partial charge in [-0.2, -0.15) is 0 Å². The minimum absolute atomic E-state index is 0.0877. The van der Waals surface area contributed by atoms with Crippen molar-refractivity contribution in [2.75, 3.05) is 13.6 Å². The first-order chi connectivity index (χ1) is 9.59. The lowest BCUT2D eigenvalue weighted by Gasteiger charge is -2.29. The molecule has 0 spiro atoms. The molecule has 0 aliphatic heterocycles. The van der Waals surface area contributed by atoms with Crippen LogP contribution >= 0.6 is 11.3 Å². The zero-order valence-corrected chi connectivity index (χ0v) is 13.0. The predicted molar refractivity (Wildman–Crippen MR) is 81.3 cm³/mol. The van der Waals surface area contributed by atoms with Crippen LogP contribution in [0, 0.1) is 0 Å². The zero-order valence-electron chi connectivity index (χ0n) is 12.2. The van der Waals surface area contributed by atoms with Gasteiger partial charge in [0.25, 0.3) is 5.91 Å². The van der Waals surface area contributed by atoms with Gasteiger partial charge in [-0.05, 0) is 44.1 Å². The summed E-state index contributed by atoms with van der Waals surface area (Å²) in [5.74, 6) is 0.0877. The summed E-state index contributed by atoms with van der Waals surface area (Å²) in [4.78, 5) is 15.7. The Kier molecular flexibility index (Phi) is 3.87. The van der Waals surface area contributed by atoms with Gasteiger partial charge in [-0.3, -0.25) is 4.79 Å². The van der Waals surface area contributed by atoms with Crippen molar-refractivity contribution in [3.63, 3.8) is 0 Å². The first kappa shape index (κ1) is 14.1. The molecule has 1 aromatic heterocycles. The van der Waals surface area contributed by atoms with Crippen LogP contribution in [0.3, 0.4) is 0 Å². The molecule has 1 amide bonds. The molecule has 1 fully saturated rings. The number of nitrogens with zero attached hydrogens (tertiary/aromatic N) is 1. The number of carbonyl (C=O) groups excluding carboxylic acids is 1. The van der Waals surface area contributed by atoms with Gasteiger partial charge in [0.05, 0.1) is 11.2 Å². The van der Waals surface area contributed by atoms with Gasteiger partial charge < -0.3 is 10.0 Å². The lowest BCUT2D eigenvalue weighted by atomic mass is 9.95. The molecular weight excluding hydrogens is 270 g/mol. The van der Waals surface area contributed by atoms with Crippen LogP contribution < -0.4 is 0 Å². The number of hydrogen-bond donors (Lipinski definition) is 1. The Balaban J connectivity index is 1.73. The van der Waals surface area contributed by atoms with E-state index in [-0.39, 0.29) is 5.91 Å². The van der Waals surface area contributed by atoms with Gasteiger partial charge >= 0.3 is 0 Å². The summed E-state index contributed by atoms with van der Waals surface area (Å²) in [6, 6.07) is 0. The molecule has 3 nitrogen and oxygen atoms in total. The number of fused-ring (bicyclic) bond motifs is 1. The van der Waals surface area contributed by atoms with Crippen LogP contribution in [0.5, 0.6) is 0 Å². The molecule has 1 aromatic rings. The van der Waals surface area contributed by atoms with Crippen LogP contribution in [0.15, 0.2) is 5.38 Å². The SMILES string of the molecule is CN(CC1(O)CCCC1)C(=O)c1csc2c1CCCC2. The first-order valence-corrected chi connectivity index (χ1v) is 8.54. The quantitative estimate of drug-likeness (QED) is 0.930. The second-order valence-corrected chi connectivity index (χ2v) is 7.32. The molecule has 3 rings (SSSR count). The molecule has 20 heavy (non-hydrogen) atoms. The maximum Gasteiger partial charge on any atom is 0.254 e. The van der Waals surface area contributed by atoms with Crippen LogP contribution in [-0.4, -0.2) is 35.1 Å². The van der Waals surface area contributed by atoms with E-state index in [0.29, 0.717) is 6.54 Å². The van der Waals surface area contributed by atoms with Crippen molar-refractivity contribution in [2.45, 2.75) is 57.0 Å². The van der Waals surface area contributed by atoms with E-state index < -0.39 is 5.60 Å². The number of hydrogen-bond acceptors (Lipinski definition) is 3. The Morgan fingerprint density at radius 1 is 1.30 bits per heavy atom. The van der Waals surface area contributed by atoms with Gasteiger partial charge in [-0.1, -0.05) is 12.8 Å². The first-order valence-electron chi connectivity index (χ1n) is 7.66. The van der Waals surface area contributed by atoms with Crippen molar-refractivity contribution in [3.05, 3.63) is 21.4 Å². The monoisotopic (exact) mass is 293 g/mol. The molecule has 0 radical (unpaired) electrons. The summed E-state index contributed by atoms with van der Waals surface area (Å²) >= 11 is 1.73. The maximum absolute atomic E-state index is 12.6. The number of aliphatic hydroxyl groups is 1. The van der Waals surface area contributed by atoms with Crippen LogP contribution in [0.2, 0.25) is 0 Å². The molecule has 0 aromatic carbocycles. The molecule has 4 heteroatoms. The van der Waals surface area contributed by atoms with Crippen LogP contribution in [0.4, 0.5) is 0 Å². The lowest BCUT2D eigenvalue weighted by molar-refractivity contribution is 0.0156. The number of carbonyl (C=O) groups is 1. The van der Waals surface area contributed by atoms with Crippen LogP contribution in [0.25, 0.3) is 0 Å². The van der Waals surface area contributed by atoms with Crippen molar-refractivity contribution in [2.24, 2.45) is 0 Å². The second-order valence-electron chi connectivity index (χ2n) is 6.35. The van der Waals surface area contributed by atoms with Crippen LogP contribution in [-0.2, 0) is 12.8 Å². The molecule has 1 N–H and O–H groups in total. The summed E-state index contributed by atoms with van der Waals surface area (Å²) in [6.07, 6.45) is 8.41.